The van der Waals surface area contributed by atoms with Crippen molar-refractivity contribution in [1.29, 1.82) is 0 Å². The summed E-state index contributed by atoms with van der Waals surface area (Å²) in [6.45, 7) is 7.02. The zero-order valence-corrected chi connectivity index (χ0v) is 24.1. The number of benzene rings is 4. The summed E-state index contributed by atoms with van der Waals surface area (Å²) in [6, 6.07) is 22.3. The molecule has 4 N–H and O–H groups in total. The van der Waals surface area contributed by atoms with E-state index in [0.29, 0.717) is 11.1 Å². The molecule has 0 spiro atoms. The molecule has 11 heteroatoms. The van der Waals surface area contributed by atoms with Gasteiger partial charge in [-0.05, 0) is 86.3 Å². The molecule has 0 saturated heterocycles. The number of nitrogens with one attached hydrogen (secondary N) is 4. The maximum absolute atomic E-state index is 13.1. The van der Waals surface area contributed by atoms with Crippen LogP contribution in [0.4, 0.5) is 27.5 Å². The molecule has 0 aliphatic carbocycles. The van der Waals surface area contributed by atoms with E-state index in [1.165, 1.54) is 12.1 Å². The lowest BCUT2D eigenvalue weighted by Crippen LogP contribution is -2.23. The van der Waals surface area contributed by atoms with Gasteiger partial charge in [0.1, 0.15) is 0 Å². The minimum Gasteiger partial charge on any atom is -0.306 e. The summed E-state index contributed by atoms with van der Waals surface area (Å²) >= 11 is 0. The molecule has 0 aromatic heterocycles. The number of hydrogen-bond acceptors (Lipinski definition) is 5. The van der Waals surface area contributed by atoms with Crippen molar-refractivity contribution in [2.75, 3.05) is 20.1 Å². The maximum atomic E-state index is 13.1. The number of carbonyl (C=O) groups is 1. The highest BCUT2D eigenvalue weighted by molar-refractivity contribution is 7.93. The van der Waals surface area contributed by atoms with Crippen LogP contribution in [0.25, 0.3) is 0 Å². The van der Waals surface area contributed by atoms with Gasteiger partial charge in [0.2, 0.25) is 0 Å². The van der Waals surface area contributed by atoms with E-state index in [4.69, 9.17) is 0 Å². The third kappa shape index (κ3) is 6.61. The topological polar surface area (TPSA) is 133 Å². The third-order valence-corrected chi connectivity index (χ3v) is 9.12. The molecule has 40 heavy (non-hydrogen) atoms. The molecule has 0 bridgehead atoms. The van der Waals surface area contributed by atoms with Crippen LogP contribution in [0, 0.1) is 27.7 Å². The van der Waals surface area contributed by atoms with Crippen LogP contribution in [0.2, 0.25) is 0 Å². The van der Waals surface area contributed by atoms with Gasteiger partial charge < -0.3 is 10.6 Å². The van der Waals surface area contributed by atoms with Crippen LogP contribution in [0.15, 0.2) is 94.7 Å². The number of para-hydroxylation sites is 4. The molecule has 0 heterocycles. The minimum atomic E-state index is -3.94. The number of urea groups is 1. The summed E-state index contributed by atoms with van der Waals surface area (Å²) in [5.74, 6) is 0. The van der Waals surface area contributed by atoms with E-state index in [0.717, 1.165) is 11.1 Å². The van der Waals surface area contributed by atoms with Crippen LogP contribution in [-0.4, -0.2) is 22.9 Å². The second kappa shape index (κ2) is 11.4. The van der Waals surface area contributed by atoms with E-state index in [1.54, 1.807) is 88.4 Å². The van der Waals surface area contributed by atoms with E-state index in [2.05, 4.69) is 20.1 Å². The molecule has 2 amide bonds. The molecule has 0 fully saturated rings. The third-order valence-electron chi connectivity index (χ3n) is 6.11. The first-order valence-corrected chi connectivity index (χ1v) is 15.3. The lowest BCUT2D eigenvalue weighted by Gasteiger charge is -2.17. The van der Waals surface area contributed by atoms with Gasteiger partial charge in [0.15, 0.2) is 0 Å². The van der Waals surface area contributed by atoms with Gasteiger partial charge in [-0.2, -0.15) is 0 Å². The fourth-order valence-corrected chi connectivity index (χ4v) is 6.85. The lowest BCUT2D eigenvalue weighted by atomic mass is 10.2. The van der Waals surface area contributed by atoms with Crippen molar-refractivity contribution in [3.05, 3.63) is 107 Å². The zero-order chi connectivity index (χ0) is 29.1. The van der Waals surface area contributed by atoms with E-state index in [9.17, 15) is 21.6 Å². The summed E-state index contributed by atoms with van der Waals surface area (Å²) in [4.78, 5) is 13.3. The van der Waals surface area contributed by atoms with E-state index in [-0.39, 0.29) is 32.5 Å². The predicted octanol–water partition coefficient (Wildman–Crippen LogP) is 6.17. The molecule has 0 radical (unpaired) electrons. The van der Waals surface area contributed by atoms with Crippen LogP contribution in [0.3, 0.4) is 0 Å². The number of amides is 2. The normalized spacial score (nSPS) is 11.5. The van der Waals surface area contributed by atoms with Crippen LogP contribution in [0.1, 0.15) is 22.3 Å². The van der Waals surface area contributed by atoms with E-state index < -0.39 is 26.1 Å². The molecule has 0 aliphatic rings. The van der Waals surface area contributed by atoms with Crippen molar-refractivity contribution in [1.82, 2.24) is 0 Å². The molecule has 0 unspecified atom stereocenters. The maximum Gasteiger partial charge on any atom is 0.323 e. The quantitative estimate of drug-likeness (QED) is 0.199. The number of rotatable bonds is 8. The van der Waals surface area contributed by atoms with Gasteiger partial charge >= 0.3 is 6.03 Å². The molecule has 9 nitrogen and oxygen atoms in total. The van der Waals surface area contributed by atoms with Gasteiger partial charge in [-0.15, -0.1) is 0 Å². The van der Waals surface area contributed by atoms with Crippen molar-refractivity contribution in [3.63, 3.8) is 0 Å². The smallest absolute Gasteiger partial charge is 0.306 e. The van der Waals surface area contributed by atoms with Crippen LogP contribution < -0.4 is 20.1 Å². The highest BCUT2D eigenvalue weighted by atomic mass is 32.2. The first-order valence-electron chi connectivity index (χ1n) is 12.3. The molecule has 4 aromatic carbocycles. The van der Waals surface area contributed by atoms with Gasteiger partial charge in [0.25, 0.3) is 20.0 Å². The Morgan fingerprint density at radius 3 is 1.25 bits per heavy atom. The largest absolute Gasteiger partial charge is 0.323 e. The standard InChI is InChI=1S/C29H30N4O5S2/c1-19-13-15-21(3)27(17-19)39(35,36)32-25-11-7-5-9-23(25)30-29(34)31-24-10-6-8-12-26(24)33-40(37,38)28-18-20(2)14-16-22(28)4/h5-18,32-33H,1-4H3,(H2,30,31,34). The number of aryl methyl sites for hydroxylation is 4. The van der Waals surface area contributed by atoms with Gasteiger partial charge in [0.05, 0.1) is 32.5 Å². The number of hydrogen-bond donors (Lipinski definition) is 4. The summed E-state index contributed by atoms with van der Waals surface area (Å²) in [6.07, 6.45) is 0. The first-order chi connectivity index (χ1) is 18.9. The van der Waals surface area contributed by atoms with Crippen molar-refractivity contribution in [2.24, 2.45) is 0 Å². The van der Waals surface area contributed by atoms with Gasteiger partial charge in [0, 0.05) is 0 Å². The minimum absolute atomic E-state index is 0.136. The van der Waals surface area contributed by atoms with Crippen molar-refractivity contribution < 1.29 is 21.6 Å². The Labute approximate surface area is 234 Å². The molecule has 0 atom stereocenters. The van der Waals surface area contributed by atoms with E-state index in [1.807, 2.05) is 12.1 Å². The first kappa shape index (κ1) is 28.7. The lowest BCUT2D eigenvalue weighted by molar-refractivity contribution is 0.262. The second-order valence-electron chi connectivity index (χ2n) is 9.42. The Kier molecular flexibility index (Phi) is 8.17. The van der Waals surface area contributed by atoms with Crippen LogP contribution in [0.5, 0.6) is 0 Å². The highest BCUT2D eigenvalue weighted by Crippen LogP contribution is 2.29. The zero-order valence-electron chi connectivity index (χ0n) is 22.4. The van der Waals surface area contributed by atoms with Gasteiger partial charge in [-0.3, -0.25) is 9.44 Å². The monoisotopic (exact) mass is 578 g/mol. The molecular formula is C29H30N4O5S2. The molecule has 4 aromatic rings. The Morgan fingerprint density at radius 1 is 0.525 bits per heavy atom. The Hall–Kier alpha value is -4.35. The van der Waals surface area contributed by atoms with Crippen molar-refractivity contribution in [3.8, 4) is 0 Å². The van der Waals surface area contributed by atoms with Crippen LogP contribution >= 0.6 is 0 Å². The Bertz CT molecular complexity index is 1670. The molecule has 0 saturated carbocycles. The molecule has 0 aliphatic heterocycles. The fraction of sp³-hybridized carbons (Fsp3) is 0.138. The summed E-state index contributed by atoms with van der Waals surface area (Å²) in [5.41, 5.74) is 3.52. The summed E-state index contributed by atoms with van der Waals surface area (Å²) in [7, 11) is -7.88. The Morgan fingerprint density at radius 2 is 0.875 bits per heavy atom. The SMILES string of the molecule is Cc1ccc(C)c(S(=O)(=O)Nc2ccccc2NC(=O)Nc2ccccc2NS(=O)(=O)c2cc(C)ccc2C)c1. The molecule has 208 valence electrons. The predicted molar refractivity (Wildman–Crippen MR) is 159 cm³/mol. The van der Waals surface area contributed by atoms with E-state index >= 15 is 0 Å². The number of carbonyl (C=O) groups excluding carboxylic acids is 1. The van der Waals surface area contributed by atoms with Gasteiger partial charge in [-0.25, -0.2) is 21.6 Å². The fourth-order valence-electron chi connectivity index (χ4n) is 4.03. The summed E-state index contributed by atoms with van der Waals surface area (Å²) < 4.78 is 57.7. The average molecular weight is 579 g/mol. The molecular weight excluding hydrogens is 548 g/mol. The van der Waals surface area contributed by atoms with Crippen molar-refractivity contribution in [2.45, 2.75) is 37.5 Å². The Balaban J connectivity index is 1.54. The number of sulfonamides is 2. The van der Waals surface area contributed by atoms with Crippen LogP contribution in [-0.2, 0) is 20.0 Å². The summed E-state index contributed by atoms with van der Waals surface area (Å²) in [5, 5.41) is 5.29. The van der Waals surface area contributed by atoms with Crippen molar-refractivity contribution >= 4 is 48.8 Å². The van der Waals surface area contributed by atoms with Gasteiger partial charge in [-0.1, -0.05) is 48.5 Å². The number of anilines is 4. The molecule has 4 rings (SSSR count). The average Bonchev–Trinajstić information content (AvgIpc) is 2.89. The second-order valence-corrected chi connectivity index (χ2v) is 12.7. The highest BCUT2D eigenvalue weighted by Gasteiger charge is 2.21.